The quantitative estimate of drug-likeness (QED) is 0.341. The Bertz CT molecular complexity index is 248. The standard InChI is InChI=1S/C9H17O6P/c1-3-5-13-7-9(14-6-4-2)8-15-16(10,11)12/h3-4,9H,1-2,5-8H2,(H2,10,11,12). The third kappa shape index (κ3) is 10.0. The molecular formula is C9H17O6P. The minimum atomic E-state index is -4.47. The fourth-order valence-corrected chi connectivity index (χ4v) is 1.17. The van der Waals surface area contributed by atoms with Gasteiger partial charge in [-0.1, -0.05) is 12.2 Å². The average molecular weight is 252 g/mol. The Kier molecular flexibility index (Phi) is 8.37. The van der Waals surface area contributed by atoms with E-state index in [1.54, 1.807) is 6.08 Å². The first kappa shape index (κ1) is 15.5. The van der Waals surface area contributed by atoms with E-state index in [0.29, 0.717) is 6.61 Å². The normalized spacial score (nSPS) is 13.4. The van der Waals surface area contributed by atoms with Crippen LogP contribution in [0.5, 0.6) is 0 Å². The Morgan fingerprint density at radius 3 is 2.31 bits per heavy atom. The molecule has 0 aromatic heterocycles. The molecule has 0 saturated heterocycles. The van der Waals surface area contributed by atoms with Gasteiger partial charge in [-0.15, -0.1) is 13.2 Å². The monoisotopic (exact) mass is 252 g/mol. The molecular weight excluding hydrogens is 235 g/mol. The SMILES string of the molecule is C=CCOCC(COP(=O)(O)O)OCC=C. The van der Waals surface area contributed by atoms with Crippen LogP contribution in [0, 0.1) is 0 Å². The van der Waals surface area contributed by atoms with Crippen molar-refractivity contribution in [3.63, 3.8) is 0 Å². The predicted molar refractivity (Wildman–Crippen MR) is 58.9 cm³/mol. The summed E-state index contributed by atoms with van der Waals surface area (Å²) in [4.78, 5) is 17.0. The lowest BCUT2D eigenvalue weighted by molar-refractivity contribution is -0.0263. The summed E-state index contributed by atoms with van der Waals surface area (Å²) in [5, 5.41) is 0. The summed E-state index contributed by atoms with van der Waals surface area (Å²) in [5.41, 5.74) is 0. The largest absolute Gasteiger partial charge is 0.469 e. The highest BCUT2D eigenvalue weighted by atomic mass is 31.2. The van der Waals surface area contributed by atoms with Gasteiger partial charge in [0.1, 0.15) is 6.10 Å². The fourth-order valence-electron chi connectivity index (χ4n) is 0.812. The van der Waals surface area contributed by atoms with E-state index in [-0.39, 0.29) is 19.8 Å². The fraction of sp³-hybridized carbons (Fsp3) is 0.556. The Hall–Kier alpha value is -0.490. The highest BCUT2D eigenvalue weighted by Gasteiger charge is 2.18. The molecule has 1 unspecified atom stereocenters. The summed E-state index contributed by atoms with van der Waals surface area (Å²) in [7, 11) is -4.47. The molecule has 16 heavy (non-hydrogen) atoms. The van der Waals surface area contributed by atoms with Crippen LogP contribution in [0.25, 0.3) is 0 Å². The van der Waals surface area contributed by atoms with Crippen LogP contribution in [0.1, 0.15) is 0 Å². The van der Waals surface area contributed by atoms with Crippen LogP contribution in [-0.4, -0.2) is 42.3 Å². The minimum Gasteiger partial charge on any atom is -0.375 e. The van der Waals surface area contributed by atoms with Gasteiger partial charge < -0.3 is 19.3 Å². The van der Waals surface area contributed by atoms with E-state index in [1.807, 2.05) is 0 Å². The molecule has 0 aliphatic heterocycles. The van der Waals surface area contributed by atoms with Gasteiger partial charge in [-0.2, -0.15) is 0 Å². The van der Waals surface area contributed by atoms with Crippen molar-refractivity contribution in [3.8, 4) is 0 Å². The van der Waals surface area contributed by atoms with Crippen molar-refractivity contribution in [1.82, 2.24) is 0 Å². The average Bonchev–Trinajstić information content (AvgIpc) is 2.20. The highest BCUT2D eigenvalue weighted by Crippen LogP contribution is 2.35. The Labute approximate surface area is 94.8 Å². The van der Waals surface area contributed by atoms with Crippen molar-refractivity contribution in [2.24, 2.45) is 0 Å². The summed E-state index contributed by atoms with van der Waals surface area (Å²) in [6.07, 6.45) is 2.54. The lowest BCUT2D eigenvalue weighted by atomic mass is 10.4. The van der Waals surface area contributed by atoms with Crippen molar-refractivity contribution in [3.05, 3.63) is 25.3 Å². The van der Waals surface area contributed by atoms with Gasteiger partial charge in [0.15, 0.2) is 0 Å². The number of phosphoric ester groups is 1. The van der Waals surface area contributed by atoms with Crippen molar-refractivity contribution >= 4 is 7.82 Å². The molecule has 0 aliphatic carbocycles. The van der Waals surface area contributed by atoms with Crippen LogP contribution < -0.4 is 0 Å². The van der Waals surface area contributed by atoms with Gasteiger partial charge in [-0.3, -0.25) is 4.52 Å². The van der Waals surface area contributed by atoms with Crippen LogP contribution in [-0.2, 0) is 18.6 Å². The summed E-state index contributed by atoms with van der Waals surface area (Å²) in [6, 6.07) is 0. The first-order valence-electron chi connectivity index (χ1n) is 4.61. The number of hydrogen-bond donors (Lipinski definition) is 2. The minimum absolute atomic E-state index is 0.167. The molecule has 0 fully saturated rings. The van der Waals surface area contributed by atoms with Crippen molar-refractivity contribution in [2.45, 2.75) is 6.10 Å². The van der Waals surface area contributed by atoms with Gasteiger partial charge >= 0.3 is 7.82 Å². The summed E-state index contributed by atoms with van der Waals surface area (Å²) in [6.45, 7) is 7.45. The molecule has 6 nitrogen and oxygen atoms in total. The van der Waals surface area contributed by atoms with Crippen molar-refractivity contribution < 1.29 is 28.3 Å². The van der Waals surface area contributed by atoms with Crippen LogP contribution in [0.2, 0.25) is 0 Å². The van der Waals surface area contributed by atoms with E-state index in [2.05, 4.69) is 17.7 Å². The summed E-state index contributed by atoms with van der Waals surface area (Å²) >= 11 is 0. The Morgan fingerprint density at radius 2 is 1.81 bits per heavy atom. The molecule has 0 amide bonds. The topological polar surface area (TPSA) is 85.2 Å². The molecule has 0 aliphatic rings. The lowest BCUT2D eigenvalue weighted by Gasteiger charge is -2.17. The van der Waals surface area contributed by atoms with Crippen LogP contribution >= 0.6 is 7.82 Å². The zero-order valence-corrected chi connectivity index (χ0v) is 9.84. The third-order valence-corrected chi connectivity index (χ3v) is 1.90. The first-order chi connectivity index (χ1) is 7.49. The molecule has 0 rings (SSSR count). The van der Waals surface area contributed by atoms with Gasteiger partial charge in [0.25, 0.3) is 0 Å². The maximum absolute atomic E-state index is 10.5. The molecule has 1 atom stereocenters. The van der Waals surface area contributed by atoms with Crippen molar-refractivity contribution in [1.29, 1.82) is 0 Å². The second-order valence-corrected chi connectivity index (χ2v) is 4.10. The molecule has 0 spiro atoms. The maximum atomic E-state index is 10.5. The van der Waals surface area contributed by atoms with Gasteiger partial charge in [-0.25, -0.2) is 4.57 Å². The van der Waals surface area contributed by atoms with E-state index in [1.165, 1.54) is 6.08 Å². The molecule has 0 saturated carbocycles. The van der Waals surface area contributed by atoms with Crippen molar-refractivity contribution in [2.75, 3.05) is 26.4 Å². The highest BCUT2D eigenvalue weighted by molar-refractivity contribution is 7.46. The number of hydrogen-bond acceptors (Lipinski definition) is 4. The zero-order valence-electron chi connectivity index (χ0n) is 8.95. The van der Waals surface area contributed by atoms with E-state index in [4.69, 9.17) is 19.3 Å². The molecule has 0 aromatic carbocycles. The molecule has 2 N–H and O–H groups in total. The second kappa shape index (κ2) is 8.64. The van der Waals surface area contributed by atoms with Crippen LogP contribution in [0.15, 0.2) is 25.3 Å². The van der Waals surface area contributed by atoms with E-state index in [0.717, 1.165) is 0 Å². The van der Waals surface area contributed by atoms with E-state index in [9.17, 15) is 4.57 Å². The lowest BCUT2D eigenvalue weighted by Crippen LogP contribution is -2.25. The van der Waals surface area contributed by atoms with Crippen LogP contribution in [0.3, 0.4) is 0 Å². The molecule has 0 bridgehead atoms. The molecule has 0 heterocycles. The predicted octanol–water partition coefficient (Wildman–Crippen LogP) is 0.869. The zero-order chi connectivity index (χ0) is 12.4. The van der Waals surface area contributed by atoms with Gasteiger partial charge in [0.2, 0.25) is 0 Å². The molecule has 0 aromatic rings. The van der Waals surface area contributed by atoms with E-state index < -0.39 is 13.9 Å². The number of phosphoric acid groups is 1. The first-order valence-corrected chi connectivity index (χ1v) is 6.14. The van der Waals surface area contributed by atoms with E-state index >= 15 is 0 Å². The smallest absolute Gasteiger partial charge is 0.375 e. The number of ether oxygens (including phenoxy) is 2. The Morgan fingerprint density at radius 1 is 1.19 bits per heavy atom. The maximum Gasteiger partial charge on any atom is 0.469 e. The molecule has 94 valence electrons. The summed E-state index contributed by atoms with van der Waals surface area (Å²) < 4.78 is 25.1. The third-order valence-electron chi connectivity index (χ3n) is 1.42. The second-order valence-electron chi connectivity index (χ2n) is 2.86. The Balaban J connectivity index is 3.93. The molecule has 0 radical (unpaired) electrons. The molecule has 7 heteroatoms. The van der Waals surface area contributed by atoms with Gasteiger partial charge in [0, 0.05) is 0 Å². The summed E-state index contributed by atoms with van der Waals surface area (Å²) in [5.74, 6) is 0. The van der Waals surface area contributed by atoms with Crippen LogP contribution in [0.4, 0.5) is 0 Å². The number of rotatable bonds is 10. The van der Waals surface area contributed by atoms with Gasteiger partial charge in [-0.05, 0) is 0 Å². The van der Waals surface area contributed by atoms with Gasteiger partial charge in [0.05, 0.1) is 26.4 Å².